The fraction of sp³-hybridized carbons (Fsp3) is 0.564. The number of aromatic nitrogens is 1. The van der Waals surface area contributed by atoms with Gasteiger partial charge in [-0.15, -0.1) is 11.3 Å². The van der Waals surface area contributed by atoms with Gasteiger partial charge < -0.3 is 38.6 Å². The van der Waals surface area contributed by atoms with E-state index < -0.39 is 65.3 Å². The van der Waals surface area contributed by atoms with Crippen LogP contribution in [0.25, 0.3) is 0 Å². The van der Waals surface area contributed by atoms with Crippen LogP contribution in [0.5, 0.6) is 0 Å². The highest BCUT2D eigenvalue weighted by molar-refractivity contribution is 7.07. The number of methoxy groups -OCH3 is 2. The van der Waals surface area contributed by atoms with Crippen LogP contribution in [0.2, 0.25) is 0 Å². The molecule has 2 aliphatic rings. The van der Waals surface area contributed by atoms with Gasteiger partial charge in [-0.3, -0.25) is 4.79 Å². The van der Waals surface area contributed by atoms with Crippen molar-refractivity contribution < 1.29 is 57.8 Å². The van der Waals surface area contributed by atoms with Crippen molar-refractivity contribution in [3.05, 3.63) is 76.8 Å². The predicted octanol–water partition coefficient (Wildman–Crippen LogP) is 4.80. The van der Waals surface area contributed by atoms with E-state index in [1.165, 1.54) is 17.8 Å². The maximum absolute atomic E-state index is 14.0. The van der Waals surface area contributed by atoms with Crippen molar-refractivity contribution in [2.75, 3.05) is 14.2 Å². The van der Waals surface area contributed by atoms with Gasteiger partial charge >= 0.3 is 23.9 Å². The molecule has 2 N–H and O–H groups in total. The van der Waals surface area contributed by atoms with Gasteiger partial charge in [-0.1, -0.05) is 77.1 Å². The van der Waals surface area contributed by atoms with E-state index in [0.29, 0.717) is 17.9 Å². The lowest BCUT2D eigenvalue weighted by atomic mass is 9.73. The number of benzene rings is 1. The molecule has 14 heteroatoms. The summed E-state index contributed by atoms with van der Waals surface area (Å²) in [6.07, 6.45) is -1.81. The van der Waals surface area contributed by atoms with E-state index in [4.69, 9.17) is 28.4 Å². The third kappa shape index (κ3) is 8.41. The first-order chi connectivity index (χ1) is 25.1. The molecule has 0 spiro atoms. The topological polar surface area (TPSA) is 177 Å². The van der Waals surface area contributed by atoms with E-state index in [1.54, 1.807) is 6.08 Å². The molecule has 0 saturated carbocycles. The SMILES string of the molecule is C=C(CC[C@]12OC(c3cscn3)[C@@](O)(C(=O)OC)[C@](C(=O)OC)(O1)[C@H](OC(=O)/C=C/[C@@H](C)C[C@@H](C)CC)[C@H]2O)[C@@H](OC(C)=O)[C@H](C)Cc1ccccc1. The van der Waals surface area contributed by atoms with Crippen LogP contribution in [0, 0.1) is 17.8 Å². The molecule has 1 unspecified atom stereocenters. The third-order valence-corrected chi connectivity index (χ3v) is 10.7. The second-order valence-electron chi connectivity index (χ2n) is 14.1. The van der Waals surface area contributed by atoms with Crippen LogP contribution in [0.15, 0.2) is 65.5 Å². The average Bonchev–Trinajstić information content (AvgIpc) is 3.75. The van der Waals surface area contributed by atoms with E-state index in [9.17, 15) is 29.4 Å². The first kappa shape index (κ1) is 41.8. The fourth-order valence-corrected chi connectivity index (χ4v) is 7.83. The summed E-state index contributed by atoms with van der Waals surface area (Å²) < 4.78 is 34.3. The van der Waals surface area contributed by atoms with E-state index in [1.807, 2.05) is 44.2 Å². The number of thiazole rings is 1. The number of allylic oxidation sites excluding steroid dienone is 1. The van der Waals surface area contributed by atoms with Gasteiger partial charge in [0.15, 0.2) is 6.10 Å². The van der Waals surface area contributed by atoms with Crippen LogP contribution < -0.4 is 0 Å². The Balaban J connectivity index is 1.78. The molecule has 0 amide bonds. The number of aliphatic hydroxyl groups excluding tert-OH is 1. The Bertz CT molecular complexity index is 1630. The lowest BCUT2D eigenvalue weighted by Gasteiger charge is -2.50. The van der Waals surface area contributed by atoms with Crippen LogP contribution in [0.4, 0.5) is 0 Å². The normalized spacial score (nSPS) is 28.7. The van der Waals surface area contributed by atoms with Gasteiger partial charge in [0.25, 0.3) is 0 Å². The van der Waals surface area contributed by atoms with Crippen LogP contribution in [0.1, 0.15) is 77.7 Å². The van der Waals surface area contributed by atoms with Crippen LogP contribution in [-0.4, -0.2) is 88.6 Å². The molecule has 0 radical (unpaired) electrons. The Morgan fingerprint density at radius 2 is 1.77 bits per heavy atom. The number of fused-ring (bicyclic) bond motifs is 2. The molecule has 13 nitrogen and oxygen atoms in total. The van der Waals surface area contributed by atoms with Gasteiger partial charge in [0.2, 0.25) is 17.0 Å². The smallest absolute Gasteiger partial charge is 0.346 e. The van der Waals surface area contributed by atoms with Crippen molar-refractivity contribution in [2.45, 2.75) is 108 Å². The highest BCUT2D eigenvalue weighted by Gasteiger charge is 2.85. The molecule has 2 bridgehead atoms. The van der Waals surface area contributed by atoms with Gasteiger partial charge in [-0.25, -0.2) is 19.4 Å². The predicted molar refractivity (Wildman–Crippen MR) is 193 cm³/mol. The second kappa shape index (κ2) is 17.5. The van der Waals surface area contributed by atoms with Crippen LogP contribution >= 0.6 is 11.3 Å². The van der Waals surface area contributed by atoms with E-state index in [-0.39, 0.29) is 30.4 Å². The Hall–Kier alpha value is -3.95. The standard InChI is InChI=1S/C39H51NO12S/c1-9-23(2)19-24(3)15-16-30(42)50-34-32(43)37(18-17-25(4)31(49-27(6)41)26(5)20-28-13-11-10-12-14-28)51-33(29-21-53-22-40-29)38(46,35(44)47-7)39(34,52-37)36(45)48-8/h10-16,21-24,26,31-34,43,46H,4,9,17-20H2,1-3,5-8H3/b16-15+/t23-,24+,26+,31+,32+,33?,34+,37-,38+,39-/m0/s1. The minimum atomic E-state index is -3.09. The van der Waals surface area contributed by atoms with Gasteiger partial charge in [-0.2, -0.15) is 0 Å². The summed E-state index contributed by atoms with van der Waals surface area (Å²) in [4.78, 5) is 57.7. The third-order valence-electron chi connectivity index (χ3n) is 10.1. The number of carbonyl (C=O) groups excluding carboxylic acids is 4. The first-order valence-electron chi connectivity index (χ1n) is 17.7. The number of aliphatic hydroxyl groups is 2. The molecule has 1 aromatic heterocycles. The Kier molecular flexibility index (Phi) is 13.8. The minimum absolute atomic E-state index is 0.00916. The average molecular weight is 758 g/mol. The number of nitrogens with zero attached hydrogens (tertiary/aromatic N) is 1. The summed E-state index contributed by atoms with van der Waals surface area (Å²) in [5.41, 5.74) is -3.13. The molecule has 53 heavy (non-hydrogen) atoms. The second-order valence-corrected chi connectivity index (χ2v) is 14.8. The Labute approximate surface area is 314 Å². The molecule has 3 heterocycles. The Morgan fingerprint density at radius 1 is 1.09 bits per heavy atom. The highest BCUT2D eigenvalue weighted by Crippen LogP contribution is 2.60. The zero-order valence-corrected chi connectivity index (χ0v) is 32.1. The van der Waals surface area contributed by atoms with Gasteiger partial charge in [-0.05, 0) is 42.2 Å². The molecule has 1 aromatic carbocycles. The van der Waals surface area contributed by atoms with Gasteiger partial charge in [0.05, 0.1) is 25.4 Å². The van der Waals surface area contributed by atoms with E-state index >= 15 is 0 Å². The lowest BCUT2D eigenvalue weighted by molar-refractivity contribution is -0.383. The zero-order valence-electron chi connectivity index (χ0n) is 31.3. The molecule has 10 atom stereocenters. The van der Waals surface area contributed by atoms with Crippen molar-refractivity contribution in [1.82, 2.24) is 4.98 Å². The summed E-state index contributed by atoms with van der Waals surface area (Å²) in [5, 5.41) is 26.1. The molecule has 2 aromatic rings. The summed E-state index contributed by atoms with van der Waals surface area (Å²) in [6, 6.07) is 9.63. The van der Waals surface area contributed by atoms with Gasteiger partial charge in [0, 0.05) is 30.7 Å². The number of hydrogen-bond donors (Lipinski definition) is 2. The molecule has 2 saturated heterocycles. The van der Waals surface area contributed by atoms with Crippen molar-refractivity contribution in [2.24, 2.45) is 17.8 Å². The summed E-state index contributed by atoms with van der Waals surface area (Å²) >= 11 is 1.12. The number of ether oxygens (including phenoxy) is 6. The largest absolute Gasteiger partial charge is 0.467 e. The monoisotopic (exact) mass is 757 g/mol. The van der Waals surface area contributed by atoms with E-state index in [0.717, 1.165) is 50.0 Å². The molecule has 290 valence electrons. The first-order valence-corrected chi connectivity index (χ1v) is 18.6. The number of hydrogen-bond acceptors (Lipinski definition) is 14. The molecule has 0 aliphatic carbocycles. The van der Waals surface area contributed by atoms with Crippen molar-refractivity contribution in [3.63, 3.8) is 0 Å². The number of esters is 4. The summed E-state index contributed by atoms with van der Waals surface area (Å²) in [5.74, 6) is -6.34. The van der Waals surface area contributed by atoms with Crippen LogP contribution in [-0.2, 0) is 54.0 Å². The molecule has 2 fully saturated rings. The Morgan fingerprint density at radius 3 is 2.36 bits per heavy atom. The molecule has 4 rings (SSSR count). The van der Waals surface area contributed by atoms with Crippen molar-refractivity contribution >= 4 is 35.2 Å². The minimum Gasteiger partial charge on any atom is -0.467 e. The van der Waals surface area contributed by atoms with Crippen molar-refractivity contribution in [3.8, 4) is 0 Å². The van der Waals surface area contributed by atoms with Gasteiger partial charge in [0.1, 0.15) is 18.3 Å². The van der Waals surface area contributed by atoms with Crippen LogP contribution in [0.3, 0.4) is 0 Å². The maximum atomic E-state index is 14.0. The molecular weight excluding hydrogens is 706 g/mol. The van der Waals surface area contributed by atoms with E-state index in [2.05, 4.69) is 25.4 Å². The summed E-state index contributed by atoms with van der Waals surface area (Å²) in [7, 11) is 1.97. The molecule has 2 aliphatic heterocycles. The van der Waals surface area contributed by atoms with Crippen molar-refractivity contribution in [1.29, 1.82) is 0 Å². The number of rotatable bonds is 17. The summed E-state index contributed by atoms with van der Waals surface area (Å²) in [6.45, 7) is 13.5. The number of carbonyl (C=O) groups is 4. The fourth-order valence-electron chi connectivity index (χ4n) is 7.26. The molecular formula is C39H51NO12S. The lowest BCUT2D eigenvalue weighted by Crippen LogP contribution is -2.74. The quantitative estimate of drug-likeness (QED) is 0.0975. The zero-order chi connectivity index (χ0) is 39.1. The maximum Gasteiger partial charge on any atom is 0.346 e. The highest BCUT2D eigenvalue weighted by atomic mass is 32.1.